The Hall–Kier alpha value is -1.54. The van der Waals surface area contributed by atoms with Crippen molar-refractivity contribution < 1.29 is 17.9 Å². The average molecular weight is 312 g/mol. The second-order valence-corrected chi connectivity index (χ2v) is 4.12. The van der Waals surface area contributed by atoms with Crippen molar-refractivity contribution in [3.8, 4) is 0 Å². The van der Waals surface area contributed by atoms with Gasteiger partial charge in [-0.25, -0.2) is 4.68 Å². The van der Waals surface area contributed by atoms with Crippen molar-refractivity contribution in [1.29, 1.82) is 0 Å². The number of nitrogens with one attached hydrogen (secondary N) is 1. The van der Waals surface area contributed by atoms with Crippen molar-refractivity contribution in [2.24, 2.45) is 0 Å². The van der Waals surface area contributed by atoms with Gasteiger partial charge in [-0.1, -0.05) is 17.7 Å². The fraction of sp³-hybridized carbons (Fsp3) is 0.455. The molecule has 0 aliphatic heterocycles. The van der Waals surface area contributed by atoms with E-state index in [0.717, 1.165) is 4.68 Å². The minimum Gasteiger partial charge on any atom is -0.380 e. The topological polar surface area (TPSA) is 56.1 Å². The number of nitrogens with zero attached hydrogens (tertiary/aromatic N) is 2. The van der Waals surface area contributed by atoms with Crippen LogP contribution in [0.4, 0.5) is 18.9 Å². The zero-order valence-corrected chi connectivity index (χ0v) is 11.2. The Bertz CT molecular complexity index is 517. The normalized spacial score (nSPS) is 11.4. The van der Waals surface area contributed by atoms with Gasteiger partial charge in [0.2, 0.25) is 0 Å². The molecule has 1 heterocycles. The first-order valence-electron chi connectivity index (χ1n) is 5.60. The molecule has 0 spiro atoms. The minimum absolute atomic E-state index is 0.0718. The third-order valence-electron chi connectivity index (χ3n) is 2.11. The predicted octanol–water partition coefficient (Wildman–Crippen LogP) is 2.07. The molecule has 0 saturated carbocycles. The Balaban J connectivity index is 2.51. The van der Waals surface area contributed by atoms with E-state index in [1.165, 1.54) is 12.3 Å². The fourth-order valence-corrected chi connectivity index (χ4v) is 1.50. The molecule has 1 rings (SSSR count). The van der Waals surface area contributed by atoms with E-state index in [1.54, 1.807) is 0 Å². The number of halogens is 4. The summed E-state index contributed by atoms with van der Waals surface area (Å²) in [4.78, 5) is 11.7. The summed E-state index contributed by atoms with van der Waals surface area (Å²) in [5.41, 5.74) is -0.264. The van der Waals surface area contributed by atoms with E-state index in [9.17, 15) is 18.0 Å². The molecule has 112 valence electrons. The first kappa shape index (κ1) is 16.5. The van der Waals surface area contributed by atoms with E-state index in [-0.39, 0.29) is 30.4 Å². The lowest BCUT2D eigenvalue weighted by molar-refractivity contribution is -0.172. The van der Waals surface area contributed by atoms with Gasteiger partial charge in [-0.2, -0.15) is 18.3 Å². The molecule has 1 aromatic heterocycles. The number of aromatic nitrogens is 2. The summed E-state index contributed by atoms with van der Waals surface area (Å²) in [6.07, 6.45) is -1.55. The highest BCUT2D eigenvalue weighted by atomic mass is 35.5. The number of hydrogen-bond acceptors (Lipinski definition) is 4. The van der Waals surface area contributed by atoms with Gasteiger partial charge >= 0.3 is 6.18 Å². The summed E-state index contributed by atoms with van der Waals surface area (Å²) in [5, 5.41) is 6.43. The quantitative estimate of drug-likeness (QED) is 0.619. The van der Waals surface area contributed by atoms with Crippen LogP contribution in [-0.2, 0) is 11.3 Å². The van der Waals surface area contributed by atoms with E-state index >= 15 is 0 Å². The van der Waals surface area contributed by atoms with Gasteiger partial charge in [0.05, 0.1) is 25.0 Å². The Kier molecular flexibility index (Phi) is 6.03. The number of alkyl halides is 3. The lowest BCUT2D eigenvalue weighted by Crippen LogP contribution is -2.24. The molecule has 1 aromatic rings. The molecule has 0 saturated heterocycles. The van der Waals surface area contributed by atoms with Gasteiger partial charge in [0, 0.05) is 6.54 Å². The Morgan fingerprint density at radius 3 is 2.85 bits per heavy atom. The molecule has 5 nitrogen and oxygen atoms in total. The number of rotatable bonds is 7. The molecule has 0 radical (unpaired) electrons. The molecule has 20 heavy (non-hydrogen) atoms. The van der Waals surface area contributed by atoms with Crippen LogP contribution in [0.25, 0.3) is 0 Å². The molecule has 9 heteroatoms. The van der Waals surface area contributed by atoms with E-state index in [1.807, 2.05) is 0 Å². The van der Waals surface area contributed by atoms with Crippen molar-refractivity contribution in [2.45, 2.75) is 12.7 Å². The van der Waals surface area contributed by atoms with Crippen LogP contribution in [0.1, 0.15) is 0 Å². The van der Waals surface area contributed by atoms with Crippen molar-refractivity contribution in [3.63, 3.8) is 0 Å². The third kappa shape index (κ3) is 5.22. The summed E-state index contributed by atoms with van der Waals surface area (Å²) >= 11 is 5.83. The first-order valence-corrected chi connectivity index (χ1v) is 5.98. The molecular weight excluding hydrogens is 299 g/mol. The molecular formula is C11H13ClF3N3O2. The van der Waals surface area contributed by atoms with E-state index in [4.69, 9.17) is 11.6 Å². The van der Waals surface area contributed by atoms with Crippen LogP contribution in [-0.4, -0.2) is 35.7 Å². The SMILES string of the molecule is C=CCn1ncc(NCCOCC(F)(F)F)c(Cl)c1=O. The molecule has 0 aliphatic rings. The standard InChI is InChI=1S/C11H13ClF3N3O2/c1-2-4-18-10(19)9(12)8(6-17-18)16-3-5-20-7-11(13,14)15/h2,6,16H,1,3-5,7H2. The molecule has 0 bridgehead atoms. The zero-order valence-electron chi connectivity index (χ0n) is 10.4. The van der Waals surface area contributed by atoms with Gasteiger partial charge in [-0.15, -0.1) is 6.58 Å². The third-order valence-corrected chi connectivity index (χ3v) is 2.48. The van der Waals surface area contributed by atoms with Crippen LogP contribution in [0.3, 0.4) is 0 Å². The van der Waals surface area contributed by atoms with Crippen LogP contribution in [0.2, 0.25) is 5.02 Å². The Morgan fingerprint density at radius 2 is 2.25 bits per heavy atom. The van der Waals surface area contributed by atoms with Gasteiger partial charge in [0.15, 0.2) is 0 Å². The number of allylic oxidation sites excluding steroid dienone is 1. The van der Waals surface area contributed by atoms with Crippen LogP contribution < -0.4 is 10.9 Å². The van der Waals surface area contributed by atoms with Crippen LogP contribution >= 0.6 is 11.6 Å². The van der Waals surface area contributed by atoms with Crippen LogP contribution in [0.15, 0.2) is 23.6 Å². The maximum absolute atomic E-state index is 11.8. The lowest BCUT2D eigenvalue weighted by Gasteiger charge is -2.10. The van der Waals surface area contributed by atoms with Gasteiger partial charge in [-0.05, 0) is 0 Å². The van der Waals surface area contributed by atoms with Crippen LogP contribution in [0.5, 0.6) is 0 Å². The zero-order chi connectivity index (χ0) is 15.2. The van der Waals surface area contributed by atoms with Gasteiger partial charge in [-0.3, -0.25) is 4.79 Å². The maximum atomic E-state index is 11.8. The van der Waals surface area contributed by atoms with Crippen molar-refractivity contribution in [1.82, 2.24) is 9.78 Å². The van der Waals surface area contributed by atoms with Crippen molar-refractivity contribution >= 4 is 17.3 Å². The second kappa shape index (κ2) is 7.30. The van der Waals surface area contributed by atoms with Crippen molar-refractivity contribution in [2.75, 3.05) is 25.1 Å². The number of anilines is 1. The smallest absolute Gasteiger partial charge is 0.380 e. The Labute approximate surface area is 118 Å². The summed E-state index contributed by atoms with van der Waals surface area (Å²) in [5.74, 6) is 0. The summed E-state index contributed by atoms with van der Waals surface area (Å²) in [6.45, 7) is 2.27. The van der Waals surface area contributed by atoms with E-state index in [0.29, 0.717) is 0 Å². The fourth-order valence-electron chi connectivity index (χ4n) is 1.29. The number of ether oxygens (including phenoxy) is 1. The lowest BCUT2D eigenvalue weighted by atomic mass is 10.4. The monoisotopic (exact) mass is 311 g/mol. The predicted molar refractivity (Wildman–Crippen MR) is 69.1 cm³/mol. The van der Waals surface area contributed by atoms with Crippen molar-refractivity contribution in [3.05, 3.63) is 34.2 Å². The highest BCUT2D eigenvalue weighted by Crippen LogP contribution is 2.16. The maximum Gasteiger partial charge on any atom is 0.411 e. The molecule has 0 aliphatic carbocycles. The van der Waals surface area contributed by atoms with Gasteiger partial charge in [0.1, 0.15) is 11.6 Å². The van der Waals surface area contributed by atoms with E-state index < -0.39 is 18.3 Å². The molecule has 0 aromatic carbocycles. The molecule has 1 N–H and O–H groups in total. The highest BCUT2D eigenvalue weighted by molar-refractivity contribution is 6.32. The first-order chi connectivity index (χ1) is 9.35. The minimum atomic E-state index is -4.36. The van der Waals surface area contributed by atoms with Gasteiger partial charge < -0.3 is 10.1 Å². The summed E-state index contributed by atoms with van der Waals surface area (Å²) in [6, 6.07) is 0. The second-order valence-electron chi connectivity index (χ2n) is 3.74. The molecule has 0 atom stereocenters. The average Bonchev–Trinajstić information content (AvgIpc) is 2.36. The summed E-state index contributed by atoms with van der Waals surface area (Å²) < 4.78 is 41.0. The van der Waals surface area contributed by atoms with Gasteiger partial charge in [0.25, 0.3) is 5.56 Å². The number of hydrogen-bond donors (Lipinski definition) is 1. The summed E-state index contributed by atoms with van der Waals surface area (Å²) in [7, 11) is 0. The van der Waals surface area contributed by atoms with E-state index in [2.05, 4.69) is 21.7 Å². The molecule has 0 amide bonds. The Morgan fingerprint density at radius 1 is 1.55 bits per heavy atom. The molecule has 0 unspecified atom stereocenters. The highest BCUT2D eigenvalue weighted by Gasteiger charge is 2.27. The largest absolute Gasteiger partial charge is 0.411 e. The molecule has 0 fully saturated rings. The van der Waals surface area contributed by atoms with Crippen LogP contribution in [0, 0.1) is 0 Å².